The van der Waals surface area contributed by atoms with Crippen LogP contribution in [-0.2, 0) is 9.59 Å². The van der Waals surface area contributed by atoms with E-state index in [1.54, 1.807) is 0 Å². The predicted octanol–water partition coefficient (Wildman–Crippen LogP) is 5.32. The van der Waals surface area contributed by atoms with Crippen molar-refractivity contribution in [1.82, 2.24) is 0 Å². The van der Waals surface area contributed by atoms with Gasteiger partial charge in [0.1, 0.15) is 5.78 Å². The van der Waals surface area contributed by atoms with E-state index in [0.717, 1.165) is 32.1 Å². The molecule has 1 unspecified atom stereocenters. The number of carboxylic acid groups (broad SMARTS) is 1. The van der Waals surface area contributed by atoms with Gasteiger partial charge in [0.15, 0.2) is 0 Å². The summed E-state index contributed by atoms with van der Waals surface area (Å²) in [4.78, 5) is 23.4. The molecule has 30 heavy (non-hydrogen) atoms. The first kappa shape index (κ1) is 22.3. The Morgan fingerprint density at radius 3 is 2.47 bits per heavy atom. The van der Waals surface area contributed by atoms with E-state index in [4.69, 9.17) is 5.11 Å². The second kappa shape index (κ2) is 7.90. The Morgan fingerprint density at radius 2 is 1.80 bits per heavy atom. The number of carbonyl (C=O) groups is 2. The minimum atomic E-state index is -0.690. The normalized spacial score (nSPS) is 49.1. The van der Waals surface area contributed by atoms with Crippen LogP contribution in [0.15, 0.2) is 0 Å². The summed E-state index contributed by atoms with van der Waals surface area (Å²) >= 11 is 0. The van der Waals surface area contributed by atoms with Gasteiger partial charge in [0.05, 0.1) is 6.10 Å². The molecule has 4 fully saturated rings. The van der Waals surface area contributed by atoms with Gasteiger partial charge in [0.25, 0.3) is 0 Å². The highest BCUT2D eigenvalue weighted by atomic mass is 16.4. The van der Waals surface area contributed by atoms with Gasteiger partial charge in [-0.1, -0.05) is 34.1 Å². The van der Waals surface area contributed by atoms with Crippen molar-refractivity contribution in [3.8, 4) is 0 Å². The zero-order valence-corrected chi connectivity index (χ0v) is 19.4. The molecule has 4 heteroatoms. The third kappa shape index (κ3) is 3.27. The van der Waals surface area contributed by atoms with Crippen LogP contribution in [0.4, 0.5) is 0 Å². The van der Waals surface area contributed by atoms with E-state index in [0.29, 0.717) is 47.7 Å². The van der Waals surface area contributed by atoms with Crippen LogP contribution in [0.2, 0.25) is 0 Å². The molecule has 4 aliphatic rings. The molecule has 0 saturated heterocycles. The Labute approximate surface area is 182 Å². The lowest BCUT2D eigenvalue weighted by atomic mass is 9.41. The molecule has 0 aromatic carbocycles. The van der Waals surface area contributed by atoms with Crippen molar-refractivity contribution in [3.05, 3.63) is 0 Å². The number of carboxylic acids is 1. The molecule has 4 rings (SSSR count). The van der Waals surface area contributed by atoms with Crippen molar-refractivity contribution < 1.29 is 19.8 Å². The Kier molecular flexibility index (Phi) is 5.87. The van der Waals surface area contributed by atoms with Gasteiger partial charge in [-0.15, -0.1) is 0 Å². The maximum Gasteiger partial charge on any atom is 0.303 e. The van der Waals surface area contributed by atoms with Crippen LogP contribution < -0.4 is 0 Å². The van der Waals surface area contributed by atoms with E-state index in [2.05, 4.69) is 27.7 Å². The molecule has 4 nitrogen and oxygen atoms in total. The standard InChI is InChI=1S/C26H42O4/c1-5-17-21-14-16(27)10-12-26(21,4)20-11-13-25(3)18(15(2)6-9-22(28)29)7-8-19(25)23(20)24(17)30/h15,17-21,23-24,30H,5-14H2,1-4H3,(H,28,29)/t15?,17-,18+,19-,20-,21-,23-,24+,25+,26+/m0/s1. The number of aliphatic carboxylic acids is 1. The van der Waals surface area contributed by atoms with E-state index in [1.165, 1.54) is 19.3 Å². The highest BCUT2D eigenvalue weighted by Crippen LogP contribution is 2.69. The van der Waals surface area contributed by atoms with Crippen LogP contribution in [0.5, 0.6) is 0 Å². The molecule has 2 N–H and O–H groups in total. The Balaban J connectivity index is 1.62. The molecule has 0 spiro atoms. The van der Waals surface area contributed by atoms with Gasteiger partial charge < -0.3 is 10.2 Å². The fraction of sp³-hybridized carbons (Fsp3) is 0.923. The molecular weight excluding hydrogens is 376 g/mol. The average Bonchev–Trinajstić information content (AvgIpc) is 3.05. The summed E-state index contributed by atoms with van der Waals surface area (Å²) in [5.74, 6) is 2.69. The van der Waals surface area contributed by atoms with Crippen LogP contribution in [-0.4, -0.2) is 28.1 Å². The minimum absolute atomic E-state index is 0.187. The molecule has 0 heterocycles. The number of ketones is 1. The van der Waals surface area contributed by atoms with Gasteiger partial charge in [-0.3, -0.25) is 9.59 Å². The van der Waals surface area contributed by atoms with Crippen LogP contribution in [0, 0.1) is 52.3 Å². The Hall–Kier alpha value is -0.900. The maximum absolute atomic E-state index is 12.3. The summed E-state index contributed by atoms with van der Waals surface area (Å²) in [6.07, 6.45) is 8.79. The topological polar surface area (TPSA) is 74.6 Å². The van der Waals surface area contributed by atoms with E-state index >= 15 is 0 Å². The molecule has 170 valence electrons. The molecule has 0 bridgehead atoms. The van der Waals surface area contributed by atoms with Gasteiger partial charge >= 0.3 is 5.97 Å². The quantitative estimate of drug-likeness (QED) is 0.633. The van der Waals surface area contributed by atoms with Crippen LogP contribution in [0.25, 0.3) is 0 Å². The van der Waals surface area contributed by atoms with Crippen molar-refractivity contribution in [2.24, 2.45) is 52.3 Å². The van der Waals surface area contributed by atoms with Crippen LogP contribution >= 0.6 is 0 Å². The zero-order chi connectivity index (χ0) is 21.8. The number of aliphatic hydroxyl groups is 1. The second-order valence-electron chi connectivity index (χ2n) is 11.8. The molecule has 0 radical (unpaired) electrons. The largest absolute Gasteiger partial charge is 0.481 e. The monoisotopic (exact) mass is 418 g/mol. The first-order valence-electron chi connectivity index (χ1n) is 12.5. The fourth-order valence-corrected chi connectivity index (χ4v) is 9.29. The highest BCUT2D eigenvalue weighted by molar-refractivity contribution is 5.79. The molecule has 10 atom stereocenters. The van der Waals surface area contributed by atoms with E-state index in [9.17, 15) is 14.7 Å². The highest BCUT2D eigenvalue weighted by Gasteiger charge is 2.64. The SMILES string of the molecule is CC[C@@H]1[C@@H](O)[C@@H]2[C@H](CC[C@]3(C)[C@@H](C(C)CCC(=O)O)CC[C@@H]23)[C@@]2(C)CCC(=O)C[C@@H]12. The van der Waals surface area contributed by atoms with Gasteiger partial charge in [-0.05, 0) is 90.8 Å². The third-order valence-corrected chi connectivity index (χ3v) is 10.8. The summed E-state index contributed by atoms with van der Waals surface area (Å²) in [7, 11) is 0. The van der Waals surface area contributed by atoms with Crippen LogP contribution in [0.3, 0.4) is 0 Å². The summed E-state index contributed by atoms with van der Waals surface area (Å²) in [6.45, 7) is 9.35. The number of hydrogen-bond acceptors (Lipinski definition) is 3. The molecule has 0 aliphatic heterocycles. The first-order valence-corrected chi connectivity index (χ1v) is 12.5. The lowest BCUT2D eigenvalue weighted by Gasteiger charge is -2.64. The summed E-state index contributed by atoms with van der Waals surface area (Å²) < 4.78 is 0. The number of Topliss-reactive ketones (excluding diaryl/α,β-unsaturated/α-hetero) is 1. The van der Waals surface area contributed by atoms with Gasteiger partial charge in [0, 0.05) is 19.3 Å². The smallest absolute Gasteiger partial charge is 0.303 e. The summed E-state index contributed by atoms with van der Waals surface area (Å²) in [6, 6.07) is 0. The molecular formula is C26H42O4. The Bertz CT molecular complexity index is 689. The molecule has 4 saturated carbocycles. The maximum atomic E-state index is 12.3. The number of carbonyl (C=O) groups excluding carboxylic acids is 1. The lowest BCUT2D eigenvalue weighted by molar-refractivity contribution is -0.194. The number of fused-ring (bicyclic) bond motifs is 5. The predicted molar refractivity (Wildman–Crippen MR) is 117 cm³/mol. The lowest BCUT2D eigenvalue weighted by Crippen LogP contribution is -2.61. The molecule has 0 amide bonds. The van der Waals surface area contributed by atoms with E-state index in [-0.39, 0.29) is 29.3 Å². The molecule has 0 aromatic rings. The van der Waals surface area contributed by atoms with Crippen molar-refractivity contribution >= 4 is 11.8 Å². The fourth-order valence-electron chi connectivity index (χ4n) is 9.29. The number of hydrogen-bond donors (Lipinski definition) is 2. The summed E-state index contributed by atoms with van der Waals surface area (Å²) in [5.41, 5.74) is 0.402. The first-order chi connectivity index (χ1) is 14.1. The van der Waals surface area contributed by atoms with Crippen LogP contribution in [0.1, 0.15) is 91.9 Å². The van der Waals surface area contributed by atoms with Crippen molar-refractivity contribution in [2.75, 3.05) is 0 Å². The van der Waals surface area contributed by atoms with Crippen molar-refractivity contribution in [3.63, 3.8) is 0 Å². The van der Waals surface area contributed by atoms with Gasteiger partial charge in [0.2, 0.25) is 0 Å². The minimum Gasteiger partial charge on any atom is -0.481 e. The number of rotatable bonds is 5. The van der Waals surface area contributed by atoms with Gasteiger partial charge in [-0.25, -0.2) is 0 Å². The van der Waals surface area contributed by atoms with Gasteiger partial charge in [-0.2, -0.15) is 0 Å². The van der Waals surface area contributed by atoms with Crippen molar-refractivity contribution in [1.29, 1.82) is 0 Å². The van der Waals surface area contributed by atoms with Crippen molar-refractivity contribution in [2.45, 2.75) is 98.0 Å². The molecule has 0 aromatic heterocycles. The average molecular weight is 419 g/mol. The number of aliphatic hydroxyl groups excluding tert-OH is 1. The Morgan fingerprint density at radius 1 is 1.10 bits per heavy atom. The second-order valence-corrected chi connectivity index (χ2v) is 11.8. The third-order valence-electron chi connectivity index (χ3n) is 10.8. The summed E-state index contributed by atoms with van der Waals surface area (Å²) in [5, 5.41) is 20.8. The van der Waals surface area contributed by atoms with E-state index < -0.39 is 5.97 Å². The molecule has 4 aliphatic carbocycles. The zero-order valence-electron chi connectivity index (χ0n) is 19.4. The van der Waals surface area contributed by atoms with E-state index in [1.807, 2.05) is 0 Å².